The third-order valence-electron chi connectivity index (χ3n) is 1.64. The first-order valence-corrected chi connectivity index (χ1v) is 5.36. The molecule has 0 aliphatic heterocycles. The van der Waals surface area contributed by atoms with Gasteiger partial charge >= 0.3 is 0 Å². The summed E-state index contributed by atoms with van der Waals surface area (Å²) in [5.74, 6) is 0.135. The summed E-state index contributed by atoms with van der Waals surface area (Å²) in [5, 5.41) is 0. The molecule has 0 bridgehead atoms. The van der Waals surface area contributed by atoms with E-state index in [0.29, 0.717) is 4.90 Å². The van der Waals surface area contributed by atoms with E-state index in [-0.39, 0.29) is 5.75 Å². The van der Waals surface area contributed by atoms with E-state index in [4.69, 9.17) is 0 Å². The summed E-state index contributed by atoms with van der Waals surface area (Å²) in [5.41, 5.74) is 0.726. The lowest BCUT2D eigenvalue weighted by Gasteiger charge is -2.00. The van der Waals surface area contributed by atoms with Crippen LogP contribution in [0.3, 0.4) is 0 Å². The topological polar surface area (TPSA) is 34.1 Å². The lowest BCUT2D eigenvalue weighted by atomic mass is 10.2. The van der Waals surface area contributed by atoms with E-state index in [1.165, 1.54) is 0 Å². The Kier molecular flexibility index (Phi) is 2.52. The Hall–Kier alpha value is -0.830. The fourth-order valence-corrected chi connectivity index (χ4v) is 1.86. The maximum absolute atomic E-state index is 11.3. The number of hydrogen-bond donors (Lipinski definition) is 0. The highest BCUT2D eigenvalue weighted by molar-refractivity contribution is 7.91. The molecule has 3 heteroatoms. The maximum Gasteiger partial charge on any atom is 0.178 e. The smallest absolute Gasteiger partial charge is 0.178 e. The van der Waals surface area contributed by atoms with Crippen LogP contribution in [0.25, 0.3) is 0 Å². The van der Waals surface area contributed by atoms with Crippen LogP contribution in [0.1, 0.15) is 12.5 Å². The Morgan fingerprint density at radius 2 is 2.08 bits per heavy atom. The van der Waals surface area contributed by atoms with Crippen LogP contribution < -0.4 is 0 Å². The van der Waals surface area contributed by atoms with Crippen LogP contribution in [0.4, 0.5) is 0 Å². The fraction of sp³-hybridized carbons (Fsp3) is 0.222. The first kappa shape index (κ1) is 9.26. The third-order valence-corrected chi connectivity index (χ3v) is 3.37. The molecule has 1 radical (unpaired) electrons. The standard InChI is InChI=1S/C9H11O2S/c1-3-12(10,11)9-6-4-5-8(2)7-9/h4-7H,2-3H2,1H3. The predicted molar refractivity (Wildman–Crippen MR) is 48.6 cm³/mol. The molecule has 0 atom stereocenters. The van der Waals surface area contributed by atoms with Gasteiger partial charge in [-0.25, -0.2) is 8.42 Å². The molecule has 0 unspecified atom stereocenters. The van der Waals surface area contributed by atoms with Gasteiger partial charge in [-0.2, -0.15) is 0 Å². The van der Waals surface area contributed by atoms with Crippen molar-refractivity contribution in [3.05, 3.63) is 36.8 Å². The zero-order valence-corrected chi connectivity index (χ0v) is 7.76. The van der Waals surface area contributed by atoms with Crippen molar-refractivity contribution in [1.82, 2.24) is 0 Å². The molecule has 0 saturated heterocycles. The molecule has 2 nitrogen and oxygen atoms in total. The van der Waals surface area contributed by atoms with Crippen LogP contribution in [0.15, 0.2) is 29.2 Å². The van der Waals surface area contributed by atoms with E-state index >= 15 is 0 Å². The Bertz CT molecular complexity index is 366. The van der Waals surface area contributed by atoms with Crippen molar-refractivity contribution in [2.24, 2.45) is 0 Å². The van der Waals surface area contributed by atoms with Crippen molar-refractivity contribution in [2.45, 2.75) is 11.8 Å². The van der Waals surface area contributed by atoms with Gasteiger partial charge < -0.3 is 0 Å². The maximum atomic E-state index is 11.3. The number of rotatable bonds is 2. The second-order valence-electron chi connectivity index (χ2n) is 2.55. The molecule has 0 spiro atoms. The van der Waals surface area contributed by atoms with Crippen molar-refractivity contribution >= 4 is 9.84 Å². The first-order chi connectivity index (χ1) is 5.56. The minimum absolute atomic E-state index is 0.135. The van der Waals surface area contributed by atoms with E-state index in [1.807, 2.05) is 0 Å². The largest absolute Gasteiger partial charge is 0.224 e. The van der Waals surface area contributed by atoms with Crippen molar-refractivity contribution in [1.29, 1.82) is 0 Å². The molecule has 65 valence electrons. The predicted octanol–water partition coefficient (Wildman–Crippen LogP) is 1.66. The summed E-state index contributed by atoms with van der Waals surface area (Å²) >= 11 is 0. The van der Waals surface area contributed by atoms with E-state index in [2.05, 4.69) is 6.92 Å². The first-order valence-electron chi connectivity index (χ1n) is 3.71. The summed E-state index contributed by atoms with van der Waals surface area (Å²) in [6.07, 6.45) is 0. The van der Waals surface area contributed by atoms with Crippen molar-refractivity contribution in [2.75, 3.05) is 5.75 Å². The van der Waals surface area contributed by atoms with Gasteiger partial charge in [0.15, 0.2) is 9.84 Å². The molecule has 0 aliphatic rings. The van der Waals surface area contributed by atoms with Crippen LogP contribution in [0.2, 0.25) is 0 Å². The SMILES string of the molecule is [CH2]c1cccc(S(=O)(=O)CC)c1. The summed E-state index contributed by atoms with van der Waals surface area (Å²) in [6, 6.07) is 6.64. The van der Waals surface area contributed by atoms with Crippen LogP contribution in [0, 0.1) is 6.92 Å². The zero-order chi connectivity index (χ0) is 9.19. The van der Waals surface area contributed by atoms with E-state index in [9.17, 15) is 8.42 Å². The van der Waals surface area contributed by atoms with Crippen molar-refractivity contribution in [3.8, 4) is 0 Å². The van der Waals surface area contributed by atoms with Crippen molar-refractivity contribution < 1.29 is 8.42 Å². The van der Waals surface area contributed by atoms with Crippen molar-refractivity contribution in [3.63, 3.8) is 0 Å². The Morgan fingerprint density at radius 3 is 2.58 bits per heavy atom. The average molecular weight is 183 g/mol. The van der Waals surface area contributed by atoms with Gasteiger partial charge in [-0.15, -0.1) is 0 Å². The molecule has 0 aromatic heterocycles. The average Bonchev–Trinajstić information content (AvgIpc) is 2.05. The molecule has 12 heavy (non-hydrogen) atoms. The Labute approximate surface area is 73.2 Å². The molecule has 0 fully saturated rings. The van der Waals surface area contributed by atoms with E-state index < -0.39 is 9.84 Å². The van der Waals surface area contributed by atoms with Crippen LogP contribution in [-0.4, -0.2) is 14.2 Å². The molecule has 1 aromatic carbocycles. The lowest BCUT2D eigenvalue weighted by Crippen LogP contribution is -2.03. The summed E-state index contributed by atoms with van der Waals surface area (Å²) in [6.45, 7) is 5.29. The Morgan fingerprint density at radius 1 is 1.42 bits per heavy atom. The van der Waals surface area contributed by atoms with E-state index in [0.717, 1.165) is 5.56 Å². The van der Waals surface area contributed by atoms with Gasteiger partial charge in [0.2, 0.25) is 0 Å². The van der Waals surface area contributed by atoms with Gasteiger partial charge in [0, 0.05) is 0 Å². The molecule has 0 aliphatic carbocycles. The molecule has 0 saturated carbocycles. The molecular weight excluding hydrogens is 172 g/mol. The van der Waals surface area contributed by atoms with Gasteiger partial charge in [0.25, 0.3) is 0 Å². The lowest BCUT2D eigenvalue weighted by molar-refractivity contribution is 0.597. The molecule has 1 rings (SSSR count). The number of sulfone groups is 1. The second kappa shape index (κ2) is 3.27. The summed E-state index contributed by atoms with van der Waals surface area (Å²) in [4.78, 5) is 0.359. The monoisotopic (exact) mass is 183 g/mol. The molecule has 0 heterocycles. The third kappa shape index (κ3) is 1.85. The Balaban J connectivity index is 3.21. The van der Waals surface area contributed by atoms with Gasteiger partial charge in [0.1, 0.15) is 0 Å². The molecular formula is C9H11O2S. The highest BCUT2D eigenvalue weighted by atomic mass is 32.2. The zero-order valence-electron chi connectivity index (χ0n) is 6.95. The molecule has 1 aromatic rings. The van der Waals surface area contributed by atoms with Gasteiger partial charge in [-0.3, -0.25) is 0 Å². The molecule has 0 amide bonds. The quantitative estimate of drug-likeness (QED) is 0.698. The van der Waals surface area contributed by atoms with Gasteiger partial charge in [0.05, 0.1) is 10.6 Å². The van der Waals surface area contributed by atoms with Crippen LogP contribution in [-0.2, 0) is 9.84 Å². The van der Waals surface area contributed by atoms with Crippen LogP contribution >= 0.6 is 0 Å². The number of benzene rings is 1. The van der Waals surface area contributed by atoms with Crippen LogP contribution in [0.5, 0.6) is 0 Å². The van der Waals surface area contributed by atoms with Gasteiger partial charge in [-0.05, 0) is 24.6 Å². The highest BCUT2D eigenvalue weighted by Gasteiger charge is 2.09. The normalized spacial score (nSPS) is 11.5. The molecule has 0 N–H and O–H groups in total. The minimum Gasteiger partial charge on any atom is -0.224 e. The minimum atomic E-state index is -3.06. The highest BCUT2D eigenvalue weighted by Crippen LogP contribution is 2.11. The summed E-state index contributed by atoms with van der Waals surface area (Å²) in [7, 11) is -3.06. The van der Waals surface area contributed by atoms with E-state index in [1.54, 1.807) is 31.2 Å². The number of hydrogen-bond acceptors (Lipinski definition) is 2. The fourth-order valence-electron chi connectivity index (χ4n) is 0.906. The summed E-state index contributed by atoms with van der Waals surface area (Å²) < 4.78 is 22.7. The second-order valence-corrected chi connectivity index (χ2v) is 4.83. The van der Waals surface area contributed by atoms with Gasteiger partial charge in [-0.1, -0.05) is 19.1 Å².